The van der Waals surface area contributed by atoms with E-state index in [2.05, 4.69) is 10.3 Å². The highest BCUT2D eigenvalue weighted by atomic mass is 35.5. The summed E-state index contributed by atoms with van der Waals surface area (Å²) >= 11 is 7.11. The van der Waals surface area contributed by atoms with Gasteiger partial charge in [-0.3, -0.25) is 4.79 Å². The normalized spacial score (nSPS) is 10.4. The first kappa shape index (κ1) is 17.9. The topological polar surface area (TPSA) is 88.5 Å². The predicted molar refractivity (Wildman–Crippen MR) is 100 cm³/mol. The van der Waals surface area contributed by atoms with E-state index in [9.17, 15) is 14.7 Å². The van der Waals surface area contributed by atoms with Crippen molar-refractivity contribution in [3.63, 3.8) is 0 Å². The van der Waals surface area contributed by atoms with Gasteiger partial charge < -0.3 is 15.2 Å². The summed E-state index contributed by atoms with van der Waals surface area (Å²) in [6, 6.07) is 11.6. The summed E-state index contributed by atoms with van der Waals surface area (Å²) in [4.78, 5) is 28.7. The zero-order valence-corrected chi connectivity index (χ0v) is 15.1. The first-order valence-corrected chi connectivity index (χ1v) is 8.68. The Morgan fingerprint density at radius 2 is 1.92 bits per heavy atom. The van der Waals surface area contributed by atoms with Crippen LogP contribution < -0.4 is 10.1 Å². The predicted octanol–water partition coefficient (Wildman–Crippen LogP) is 4.42. The van der Waals surface area contributed by atoms with Gasteiger partial charge in [0.05, 0.1) is 17.7 Å². The number of anilines is 1. The summed E-state index contributed by atoms with van der Waals surface area (Å²) in [5.41, 5.74) is 1.06. The average Bonchev–Trinajstić information content (AvgIpc) is 3.06. The molecule has 0 saturated carbocycles. The van der Waals surface area contributed by atoms with Crippen LogP contribution in [0.3, 0.4) is 0 Å². The van der Waals surface area contributed by atoms with Crippen molar-refractivity contribution in [3.8, 4) is 16.3 Å². The molecule has 26 heavy (non-hydrogen) atoms. The molecule has 0 aliphatic carbocycles. The molecule has 3 rings (SSSR count). The van der Waals surface area contributed by atoms with Crippen LogP contribution in [0, 0.1) is 0 Å². The number of hydrogen-bond acceptors (Lipinski definition) is 5. The second-order valence-electron chi connectivity index (χ2n) is 5.18. The van der Waals surface area contributed by atoms with Gasteiger partial charge in [0.15, 0.2) is 0 Å². The third-order valence-electron chi connectivity index (χ3n) is 3.52. The van der Waals surface area contributed by atoms with E-state index in [1.54, 1.807) is 41.8 Å². The molecule has 6 nitrogen and oxygen atoms in total. The molecule has 0 atom stereocenters. The van der Waals surface area contributed by atoms with E-state index in [-0.39, 0.29) is 16.9 Å². The Morgan fingerprint density at radius 1 is 1.19 bits per heavy atom. The molecular formula is C18H13ClN2O4S. The van der Waals surface area contributed by atoms with Crippen LogP contribution in [-0.4, -0.2) is 29.1 Å². The fraction of sp³-hybridized carbons (Fsp3) is 0.0556. The Hall–Kier alpha value is -2.90. The van der Waals surface area contributed by atoms with E-state index >= 15 is 0 Å². The number of carbonyl (C=O) groups excluding carboxylic acids is 1. The summed E-state index contributed by atoms with van der Waals surface area (Å²) in [6.45, 7) is 0. The Bertz CT molecular complexity index is 970. The molecule has 2 heterocycles. The fourth-order valence-electron chi connectivity index (χ4n) is 2.32. The van der Waals surface area contributed by atoms with Gasteiger partial charge in [-0.05, 0) is 23.8 Å². The summed E-state index contributed by atoms with van der Waals surface area (Å²) in [5.74, 6) is -1.36. The number of methoxy groups -OCH3 is 1. The number of aromatic carboxylic acids is 1. The third-order valence-corrected chi connectivity index (χ3v) is 4.81. The van der Waals surface area contributed by atoms with E-state index in [4.69, 9.17) is 16.3 Å². The van der Waals surface area contributed by atoms with Crippen LogP contribution in [0.4, 0.5) is 5.69 Å². The first-order chi connectivity index (χ1) is 12.5. The van der Waals surface area contributed by atoms with Crippen molar-refractivity contribution in [3.05, 3.63) is 64.1 Å². The smallest absolute Gasteiger partial charge is 0.339 e. The van der Waals surface area contributed by atoms with Crippen LogP contribution in [0.25, 0.3) is 10.4 Å². The van der Waals surface area contributed by atoms with Gasteiger partial charge >= 0.3 is 5.97 Å². The van der Waals surface area contributed by atoms with Crippen LogP contribution in [0.1, 0.15) is 20.8 Å². The molecule has 0 bridgehead atoms. The second-order valence-corrected chi connectivity index (χ2v) is 6.50. The number of carboxylic acids is 1. The number of nitrogens with one attached hydrogen (secondary N) is 1. The van der Waals surface area contributed by atoms with E-state index in [0.717, 1.165) is 0 Å². The van der Waals surface area contributed by atoms with Gasteiger partial charge in [0, 0.05) is 16.5 Å². The molecule has 2 aromatic heterocycles. The number of ether oxygens (including phenoxy) is 1. The number of nitrogens with zero attached hydrogens (tertiary/aromatic N) is 1. The maximum Gasteiger partial charge on any atom is 0.339 e. The van der Waals surface area contributed by atoms with Gasteiger partial charge in [0.2, 0.25) is 5.88 Å². The van der Waals surface area contributed by atoms with Gasteiger partial charge in [-0.25, -0.2) is 9.78 Å². The van der Waals surface area contributed by atoms with Crippen LogP contribution in [0.15, 0.2) is 47.8 Å². The van der Waals surface area contributed by atoms with Gasteiger partial charge in [-0.15, -0.1) is 11.3 Å². The minimum atomic E-state index is -1.13. The van der Waals surface area contributed by atoms with Gasteiger partial charge in [-0.1, -0.05) is 29.8 Å². The minimum Gasteiger partial charge on any atom is -0.481 e. The summed E-state index contributed by atoms with van der Waals surface area (Å²) < 4.78 is 4.99. The van der Waals surface area contributed by atoms with Crippen molar-refractivity contribution in [1.82, 2.24) is 4.98 Å². The number of pyridine rings is 1. The number of rotatable bonds is 5. The summed E-state index contributed by atoms with van der Waals surface area (Å²) in [5, 5.41) is 14.4. The van der Waals surface area contributed by atoms with Crippen molar-refractivity contribution in [1.29, 1.82) is 0 Å². The molecule has 0 aliphatic heterocycles. The highest BCUT2D eigenvalue weighted by molar-refractivity contribution is 7.14. The van der Waals surface area contributed by atoms with Gasteiger partial charge in [-0.2, -0.15) is 0 Å². The molecule has 0 spiro atoms. The average molecular weight is 389 g/mol. The second kappa shape index (κ2) is 7.55. The Morgan fingerprint density at radius 3 is 2.58 bits per heavy atom. The molecule has 3 aromatic rings. The minimum absolute atomic E-state index is 0.0218. The summed E-state index contributed by atoms with van der Waals surface area (Å²) in [6.07, 6.45) is 0. The van der Waals surface area contributed by atoms with E-state index in [1.165, 1.54) is 24.5 Å². The molecule has 2 N–H and O–H groups in total. The maximum atomic E-state index is 12.4. The van der Waals surface area contributed by atoms with E-state index < -0.39 is 11.9 Å². The Balaban J connectivity index is 1.94. The SMILES string of the molecule is COc1cccc(C(=O)Nc2csc(-c3ccc(Cl)cc3)c2C(=O)O)n1. The molecule has 0 unspecified atom stereocenters. The zero-order valence-electron chi connectivity index (χ0n) is 13.5. The van der Waals surface area contributed by atoms with Crippen molar-refractivity contribution < 1.29 is 19.4 Å². The van der Waals surface area contributed by atoms with Crippen LogP contribution in [0.2, 0.25) is 5.02 Å². The van der Waals surface area contributed by atoms with E-state index in [1.807, 2.05) is 0 Å². The van der Waals surface area contributed by atoms with Crippen LogP contribution in [-0.2, 0) is 0 Å². The molecule has 1 amide bonds. The Labute approximate surface area is 158 Å². The lowest BCUT2D eigenvalue weighted by Gasteiger charge is -2.07. The van der Waals surface area contributed by atoms with Crippen molar-refractivity contribution in [2.45, 2.75) is 0 Å². The van der Waals surface area contributed by atoms with Gasteiger partial charge in [0.25, 0.3) is 5.91 Å². The zero-order chi connectivity index (χ0) is 18.7. The third kappa shape index (κ3) is 3.68. The van der Waals surface area contributed by atoms with Crippen LogP contribution >= 0.6 is 22.9 Å². The monoisotopic (exact) mass is 388 g/mol. The lowest BCUT2D eigenvalue weighted by atomic mass is 10.1. The van der Waals surface area contributed by atoms with Crippen molar-refractivity contribution >= 4 is 40.5 Å². The standard InChI is InChI=1S/C18H13ClN2O4S/c1-25-14-4-2-3-12(20-14)17(22)21-13-9-26-16(15(13)18(23)24)10-5-7-11(19)8-6-10/h2-9H,1H3,(H,21,22)(H,23,24). The quantitative estimate of drug-likeness (QED) is 0.675. The van der Waals surface area contributed by atoms with Gasteiger partial charge in [0.1, 0.15) is 11.3 Å². The molecular weight excluding hydrogens is 376 g/mol. The molecule has 132 valence electrons. The van der Waals surface area contributed by atoms with Crippen molar-refractivity contribution in [2.24, 2.45) is 0 Å². The number of benzene rings is 1. The maximum absolute atomic E-state index is 12.4. The van der Waals surface area contributed by atoms with E-state index in [0.29, 0.717) is 21.3 Å². The number of amides is 1. The lowest BCUT2D eigenvalue weighted by molar-refractivity contribution is 0.0699. The van der Waals surface area contributed by atoms with Crippen LogP contribution in [0.5, 0.6) is 5.88 Å². The molecule has 0 aliphatic rings. The number of halogens is 1. The number of carboxylic acid groups (broad SMARTS) is 1. The first-order valence-electron chi connectivity index (χ1n) is 7.42. The van der Waals surface area contributed by atoms with Crippen molar-refractivity contribution in [2.75, 3.05) is 12.4 Å². The number of thiophene rings is 1. The molecule has 0 radical (unpaired) electrons. The highest BCUT2D eigenvalue weighted by Gasteiger charge is 2.22. The molecule has 0 fully saturated rings. The summed E-state index contributed by atoms with van der Waals surface area (Å²) in [7, 11) is 1.45. The molecule has 8 heteroatoms. The number of carbonyl (C=O) groups is 2. The molecule has 1 aromatic carbocycles. The highest BCUT2D eigenvalue weighted by Crippen LogP contribution is 2.36. The lowest BCUT2D eigenvalue weighted by Crippen LogP contribution is -2.15. The Kier molecular flexibility index (Phi) is 5.20. The number of aromatic nitrogens is 1. The fourth-order valence-corrected chi connectivity index (χ4v) is 3.44. The largest absolute Gasteiger partial charge is 0.481 e. The number of hydrogen-bond donors (Lipinski definition) is 2. The molecule has 0 saturated heterocycles.